The van der Waals surface area contributed by atoms with Gasteiger partial charge in [-0.1, -0.05) is 18.2 Å². The van der Waals surface area contributed by atoms with Gasteiger partial charge < -0.3 is 4.90 Å². The van der Waals surface area contributed by atoms with Crippen LogP contribution in [0.4, 0.5) is 10.1 Å². The van der Waals surface area contributed by atoms with Crippen LogP contribution >= 0.6 is 0 Å². The van der Waals surface area contributed by atoms with Gasteiger partial charge in [-0.15, -0.1) is 0 Å². The second-order valence-electron chi connectivity index (χ2n) is 4.42. The molecule has 1 aromatic carbocycles. The first-order chi connectivity index (χ1) is 9.99. The summed E-state index contributed by atoms with van der Waals surface area (Å²) in [4.78, 5) is 27.3. The molecule has 0 fully saturated rings. The molecule has 0 radical (unpaired) electrons. The number of carbonyl (C=O) groups is 1. The third kappa shape index (κ3) is 3.38. The summed E-state index contributed by atoms with van der Waals surface area (Å²) in [5.74, 6) is -1.06. The number of benzene rings is 1. The average Bonchev–Trinajstić information content (AvgIpc) is 2.47. The third-order valence-corrected chi connectivity index (χ3v) is 2.92. The van der Waals surface area contributed by atoms with Crippen LogP contribution < -0.4 is 0 Å². The molecule has 0 saturated carbocycles. The summed E-state index contributed by atoms with van der Waals surface area (Å²) in [5.41, 5.74) is 0.597. The van der Waals surface area contributed by atoms with E-state index >= 15 is 0 Å². The Morgan fingerprint density at radius 3 is 2.67 bits per heavy atom. The lowest BCUT2D eigenvalue weighted by Gasteiger charge is -2.17. The number of carbonyl (C=O) groups excluding carboxylic acids is 1. The Hall–Kier alpha value is -2.83. The van der Waals surface area contributed by atoms with E-state index in [1.165, 1.54) is 24.1 Å². The fourth-order valence-electron chi connectivity index (χ4n) is 1.87. The Labute approximate surface area is 120 Å². The van der Waals surface area contributed by atoms with Gasteiger partial charge in [0.15, 0.2) is 0 Å². The minimum atomic E-state index is -0.673. The van der Waals surface area contributed by atoms with Crippen LogP contribution in [0.3, 0.4) is 0 Å². The summed E-state index contributed by atoms with van der Waals surface area (Å²) >= 11 is 0. The van der Waals surface area contributed by atoms with Crippen molar-refractivity contribution in [1.29, 1.82) is 0 Å². The molecule has 108 valence electrons. The maximum absolute atomic E-state index is 12.7. The third-order valence-electron chi connectivity index (χ3n) is 2.92. The summed E-state index contributed by atoms with van der Waals surface area (Å²) in [6, 6.07) is 8.61. The van der Waals surface area contributed by atoms with Gasteiger partial charge in [-0.05, 0) is 12.1 Å². The second kappa shape index (κ2) is 6.08. The number of hydrogen-bond acceptors (Lipinski definition) is 4. The van der Waals surface area contributed by atoms with Crippen molar-refractivity contribution in [2.24, 2.45) is 0 Å². The first-order valence-corrected chi connectivity index (χ1v) is 6.08. The zero-order chi connectivity index (χ0) is 15.4. The van der Waals surface area contributed by atoms with Gasteiger partial charge in [0.1, 0.15) is 0 Å². The Morgan fingerprint density at radius 2 is 2.05 bits per heavy atom. The van der Waals surface area contributed by atoms with E-state index in [0.29, 0.717) is 5.56 Å². The molecule has 0 unspecified atom stereocenters. The molecule has 0 bridgehead atoms. The van der Waals surface area contributed by atoms with Crippen LogP contribution in [0.25, 0.3) is 0 Å². The van der Waals surface area contributed by atoms with E-state index in [2.05, 4.69) is 4.98 Å². The van der Waals surface area contributed by atoms with Crippen molar-refractivity contribution in [3.8, 4) is 0 Å². The van der Waals surface area contributed by atoms with Crippen molar-refractivity contribution < 1.29 is 14.1 Å². The van der Waals surface area contributed by atoms with Gasteiger partial charge >= 0.3 is 0 Å². The molecule has 2 rings (SSSR count). The van der Waals surface area contributed by atoms with Gasteiger partial charge in [0, 0.05) is 24.9 Å². The van der Waals surface area contributed by atoms with Gasteiger partial charge in [0.05, 0.1) is 17.0 Å². The molecule has 0 saturated heterocycles. The zero-order valence-corrected chi connectivity index (χ0v) is 11.2. The maximum Gasteiger partial charge on any atom is 0.274 e. The quantitative estimate of drug-likeness (QED) is 0.492. The summed E-state index contributed by atoms with van der Waals surface area (Å²) < 4.78 is 12.7. The number of nitrogens with zero attached hydrogens (tertiary/aromatic N) is 3. The largest absolute Gasteiger partial charge is 0.337 e. The molecule has 0 aliphatic carbocycles. The molecule has 0 spiro atoms. The van der Waals surface area contributed by atoms with Crippen LogP contribution in [0, 0.1) is 16.1 Å². The lowest BCUT2D eigenvalue weighted by molar-refractivity contribution is -0.385. The van der Waals surface area contributed by atoms with Crippen LogP contribution in [0.1, 0.15) is 15.9 Å². The molecule has 1 aromatic heterocycles. The highest BCUT2D eigenvalue weighted by Gasteiger charge is 2.18. The van der Waals surface area contributed by atoms with Crippen molar-refractivity contribution in [1.82, 2.24) is 9.88 Å². The van der Waals surface area contributed by atoms with E-state index in [4.69, 9.17) is 0 Å². The highest BCUT2D eigenvalue weighted by molar-refractivity contribution is 5.93. The van der Waals surface area contributed by atoms with Crippen LogP contribution in [0.15, 0.2) is 42.6 Å². The molecule has 1 heterocycles. The summed E-state index contributed by atoms with van der Waals surface area (Å²) in [6.45, 7) is 0.0767. The average molecular weight is 289 g/mol. The van der Waals surface area contributed by atoms with Gasteiger partial charge in [-0.2, -0.15) is 4.39 Å². The summed E-state index contributed by atoms with van der Waals surface area (Å²) in [6.07, 6.45) is 1.13. The normalized spacial score (nSPS) is 10.2. The molecule has 6 nitrogen and oxygen atoms in total. The van der Waals surface area contributed by atoms with Crippen molar-refractivity contribution >= 4 is 11.6 Å². The lowest BCUT2D eigenvalue weighted by Crippen LogP contribution is -2.26. The topological polar surface area (TPSA) is 76.3 Å². The van der Waals surface area contributed by atoms with Crippen LogP contribution in [0.2, 0.25) is 0 Å². The number of halogens is 1. The van der Waals surface area contributed by atoms with Crippen LogP contribution in [0.5, 0.6) is 0 Å². The van der Waals surface area contributed by atoms with Crippen molar-refractivity contribution in [2.45, 2.75) is 6.54 Å². The second-order valence-corrected chi connectivity index (χ2v) is 4.42. The maximum atomic E-state index is 12.7. The predicted molar refractivity (Wildman–Crippen MR) is 73.1 cm³/mol. The van der Waals surface area contributed by atoms with Gasteiger partial charge in [0.25, 0.3) is 11.6 Å². The number of amides is 1. The van der Waals surface area contributed by atoms with E-state index in [0.717, 1.165) is 12.3 Å². The monoisotopic (exact) mass is 289 g/mol. The minimum Gasteiger partial charge on any atom is -0.337 e. The molecular weight excluding hydrogens is 277 g/mol. The van der Waals surface area contributed by atoms with Crippen molar-refractivity contribution in [3.05, 3.63) is 69.8 Å². The predicted octanol–water partition coefficient (Wildman–Crippen LogP) is 2.40. The molecule has 0 atom stereocenters. The molecule has 0 N–H and O–H groups in total. The van der Waals surface area contributed by atoms with E-state index in [1.54, 1.807) is 18.2 Å². The van der Waals surface area contributed by atoms with E-state index < -0.39 is 10.9 Å². The fraction of sp³-hybridized carbons (Fsp3) is 0.143. The first-order valence-electron chi connectivity index (χ1n) is 6.08. The lowest BCUT2D eigenvalue weighted by atomic mass is 10.1. The molecule has 0 aliphatic rings. The highest BCUT2D eigenvalue weighted by Crippen LogP contribution is 2.19. The first kappa shape index (κ1) is 14.6. The number of nitro groups is 1. The van der Waals surface area contributed by atoms with E-state index in [-0.39, 0.29) is 23.7 Å². The minimum absolute atomic E-state index is 0.0469. The van der Waals surface area contributed by atoms with Gasteiger partial charge in [-0.25, -0.2) is 4.98 Å². The van der Waals surface area contributed by atoms with Crippen molar-refractivity contribution in [3.63, 3.8) is 0 Å². The number of pyridine rings is 1. The number of para-hydroxylation sites is 1. The Kier molecular flexibility index (Phi) is 4.22. The molecule has 0 aliphatic heterocycles. The molecular formula is C14H12FN3O3. The Bertz CT molecular complexity index is 673. The number of hydrogen-bond donors (Lipinski definition) is 0. The van der Waals surface area contributed by atoms with Gasteiger partial charge in [0.2, 0.25) is 5.95 Å². The highest BCUT2D eigenvalue weighted by atomic mass is 19.1. The smallest absolute Gasteiger partial charge is 0.274 e. The number of aromatic nitrogens is 1. The van der Waals surface area contributed by atoms with Crippen LogP contribution in [-0.2, 0) is 6.54 Å². The zero-order valence-electron chi connectivity index (χ0n) is 11.2. The van der Waals surface area contributed by atoms with Crippen molar-refractivity contribution in [2.75, 3.05) is 7.05 Å². The fourth-order valence-corrected chi connectivity index (χ4v) is 1.87. The number of rotatable bonds is 4. The van der Waals surface area contributed by atoms with Gasteiger partial charge in [-0.3, -0.25) is 14.9 Å². The van der Waals surface area contributed by atoms with E-state index in [9.17, 15) is 19.3 Å². The Balaban J connectivity index is 2.18. The summed E-state index contributed by atoms with van der Waals surface area (Å²) in [7, 11) is 1.52. The SMILES string of the molecule is CN(Cc1ccccc1[N+](=O)[O-])C(=O)c1ccc(F)nc1. The molecule has 21 heavy (non-hydrogen) atoms. The van der Waals surface area contributed by atoms with E-state index in [1.807, 2.05) is 0 Å². The summed E-state index contributed by atoms with van der Waals surface area (Å²) in [5, 5.41) is 10.9. The Morgan fingerprint density at radius 1 is 1.33 bits per heavy atom. The number of nitro benzene ring substituents is 1. The standard InChI is InChI=1S/C14H12FN3O3/c1-17(14(19)10-6-7-13(15)16-8-10)9-11-4-2-3-5-12(11)18(20)21/h2-8H,9H2,1H3. The molecule has 2 aromatic rings. The van der Waals surface area contributed by atoms with Crippen LogP contribution in [-0.4, -0.2) is 27.8 Å². The molecule has 1 amide bonds. The molecule has 7 heteroatoms.